The van der Waals surface area contributed by atoms with E-state index in [2.05, 4.69) is 61.8 Å². The summed E-state index contributed by atoms with van der Waals surface area (Å²) >= 11 is 0. The van der Waals surface area contributed by atoms with Crippen molar-refractivity contribution < 1.29 is 0 Å². The lowest BCUT2D eigenvalue weighted by Crippen LogP contribution is -2.05. The first-order valence-electron chi connectivity index (χ1n) is 8.82. The molecule has 25 heavy (non-hydrogen) atoms. The number of pyridine rings is 1. The number of nitrogens with zero attached hydrogens (tertiary/aromatic N) is 2. The second-order valence-corrected chi connectivity index (χ2v) is 7.16. The number of rotatable bonds is 4. The first-order chi connectivity index (χ1) is 11.6. The topological polar surface area (TPSA) is 29.9 Å². The van der Waals surface area contributed by atoms with E-state index >= 15 is 0 Å². The molecule has 3 aromatic rings. The van der Waals surface area contributed by atoms with Gasteiger partial charge in [0.2, 0.25) is 0 Å². The van der Waals surface area contributed by atoms with Crippen LogP contribution in [0.1, 0.15) is 46.8 Å². The van der Waals surface area contributed by atoms with E-state index in [-0.39, 0.29) is 12.4 Å². The fraction of sp³-hybridized carbons (Fsp3) is 0.381. The molecule has 0 aliphatic heterocycles. The molecular formula is C21H26ClN3. The van der Waals surface area contributed by atoms with Crippen molar-refractivity contribution in [2.45, 2.75) is 53.1 Å². The zero-order chi connectivity index (χ0) is 16.8. The molecule has 2 heterocycles. The molecule has 1 saturated carbocycles. The van der Waals surface area contributed by atoms with Crippen LogP contribution in [-0.4, -0.2) is 9.55 Å². The highest BCUT2D eigenvalue weighted by Gasteiger charge is 2.29. The van der Waals surface area contributed by atoms with Crippen LogP contribution in [0.25, 0.3) is 10.9 Å². The van der Waals surface area contributed by atoms with E-state index in [9.17, 15) is 0 Å². The third-order valence-electron chi connectivity index (χ3n) is 5.26. The Hall–Kier alpha value is -2.00. The lowest BCUT2D eigenvalue weighted by Gasteiger charge is -2.13. The van der Waals surface area contributed by atoms with Crippen LogP contribution in [0, 0.1) is 27.7 Å². The molecule has 132 valence electrons. The Morgan fingerprint density at radius 3 is 2.40 bits per heavy atom. The average Bonchev–Trinajstić information content (AvgIpc) is 3.36. The minimum absolute atomic E-state index is 0. The zero-order valence-electron chi connectivity index (χ0n) is 15.4. The van der Waals surface area contributed by atoms with Gasteiger partial charge >= 0.3 is 0 Å². The Morgan fingerprint density at radius 1 is 1.08 bits per heavy atom. The first-order valence-corrected chi connectivity index (χ1v) is 8.82. The molecule has 0 radical (unpaired) electrons. The standard InChI is InChI=1S/C21H25N3.ClH/c1-13-5-7-17(8-6-13)12-23-21-20-19(14(2)11-22-21)15(3)16(4)24(20)18-9-10-18;/h5-8,11,18H,9-10,12H2,1-4H3,(H,22,23);1H. The minimum atomic E-state index is 0. The first kappa shape index (κ1) is 17.8. The predicted molar refractivity (Wildman–Crippen MR) is 108 cm³/mol. The van der Waals surface area contributed by atoms with Gasteiger partial charge in [0.1, 0.15) is 0 Å². The smallest absolute Gasteiger partial charge is 0.150 e. The highest BCUT2D eigenvalue weighted by atomic mass is 35.5. The summed E-state index contributed by atoms with van der Waals surface area (Å²) in [4.78, 5) is 4.73. The molecule has 0 saturated heterocycles. The van der Waals surface area contributed by atoms with Gasteiger partial charge in [-0.25, -0.2) is 4.98 Å². The molecule has 1 aliphatic carbocycles. The molecule has 3 nitrogen and oxygen atoms in total. The summed E-state index contributed by atoms with van der Waals surface area (Å²) in [6.07, 6.45) is 4.58. The highest BCUT2D eigenvalue weighted by molar-refractivity contribution is 5.95. The molecule has 0 bridgehead atoms. The second-order valence-electron chi connectivity index (χ2n) is 7.16. The van der Waals surface area contributed by atoms with Gasteiger partial charge in [0.15, 0.2) is 5.82 Å². The molecule has 0 spiro atoms. The van der Waals surface area contributed by atoms with Crippen molar-refractivity contribution in [2.75, 3.05) is 5.32 Å². The number of aryl methyl sites for hydroxylation is 3. The Balaban J connectivity index is 0.00000182. The maximum Gasteiger partial charge on any atom is 0.150 e. The largest absolute Gasteiger partial charge is 0.364 e. The monoisotopic (exact) mass is 355 g/mol. The minimum Gasteiger partial charge on any atom is -0.364 e. The number of aromatic nitrogens is 2. The average molecular weight is 356 g/mol. The molecule has 1 aliphatic rings. The molecule has 4 rings (SSSR count). The van der Waals surface area contributed by atoms with Crippen LogP contribution in [0.4, 0.5) is 5.82 Å². The Morgan fingerprint density at radius 2 is 1.76 bits per heavy atom. The van der Waals surface area contributed by atoms with E-state index in [1.54, 1.807) is 0 Å². The lowest BCUT2D eigenvalue weighted by molar-refractivity contribution is 0.745. The number of nitrogens with one attached hydrogen (secondary N) is 1. The lowest BCUT2D eigenvalue weighted by atomic mass is 10.1. The van der Waals surface area contributed by atoms with Crippen LogP contribution in [0.3, 0.4) is 0 Å². The van der Waals surface area contributed by atoms with E-state index in [1.807, 2.05) is 6.20 Å². The fourth-order valence-corrected chi connectivity index (χ4v) is 3.64. The van der Waals surface area contributed by atoms with Gasteiger partial charge in [-0.3, -0.25) is 0 Å². The van der Waals surface area contributed by atoms with Gasteiger partial charge in [0.05, 0.1) is 5.52 Å². The number of benzene rings is 1. The molecule has 4 heteroatoms. The molecule has 2 aromatic heterocycles. The second kappa shape index (κ2) is 6.72. The SMILES string of the molecule is Cc1ccc(CNc2ncc(C)c3c(C)c(C)n(C4CC4)c23)cc1.Cl. The van der Waals surface area contributed by atoms with Crippen LogP contribution in [0.2, 0.25) is 0 Å². The van der Waals surface area contributed by atoms with Crippen LogP contribution in [0.5, 0.6) is 0 Å². The summed E-state index contributed by atoms with van der Waals surface area (Å²) in [6, 6.07) is 9.35. The van der Waals surface area contributed by atoms with Gasteiger partial charge in [-0.05, 0) is 57.2 Å². The number of fused-ring (bicyclic) bond motifs is 1. The van der Waals surface area contributed by atoms with E-state index in [1.165, 1.54) is 51.7 Å². The zero-order valence-corrected chi connectivity index (χ0v) is 16.2. The van der Waals surface area contributed by atoms with Crippen LogP contribution < -0.4 is 5.32 Å². The third kappa shape index (κ3) is 3.13. The maximum absolute atomic E-state index is 4.73. The fourth-order valence-electron chi connectivity index (χ4n) is 3.64. The molecule has 0 amide bonds. The quantitative estimate of drug-likeness (QED) is 0.656. The number of anilines is 1. The summed E-state index contributed by atoms with van der Waals surface area (Å²) < 4.78 is 2.52. The van der Waals surface area contributed by atoms with Crippen molar-refractivity contribution >= 4 is 29.1 Å². The summed E-state index contributed by atoms with van der Waals surface area (Å²) in [5, 5.41) is 4.96. The van der Waals surface area contributed by atoms with Crippen molar-refractivity contribution in [2.24, 2.45) is 0 Å². The molecule has 1 N–H and O–H groups in total. The van der Waals surface area contributed by atoms with E-state index in [4.69, 9.17) is 4.98 Å². The van der Waals surface area contributed by atoms with E-state index in [0.29, 0.717) is 6.04 Å². The summed E-state index contributed by atoms with van der Waals surface area (Å²) in [6.45, 7) is 9.59. The summed E-state index contributed by atoms with van der Waals surface area (Å²) in [5.41, 5.74) is 7.93. The Kier molecular flexibility index (Phi) is 4.79. The van der Waals surface area contributed by atoms with Gasteiger partial charge in [0.25, 0.3) is 0 Å². The van der Waals surface area contributed by atoms with Crippen LogP contribution in [0.15, 0.2) is 30.5 Å². The van der Waals surface area contributed by atoms with Gasteiger partial charge in [-0.1, -0.05) is 29.8 Å². The Labute approximate surface area is 155 Å². The van der Waals surface area contributed by atoms with Crippen molar-refractivity contribution in [3.8, 4) is 0 Å². The van der Waals surface area contributed by atoms with Crippen LogP contribution >= 0.6 is 12.4 Å². The van der Waals surface area contributed by atoms with Crippen molar-refractivity contribution in [3.05, 3.63) is 58.4 Å². The highest BCUT2D eigenvalue weighted by Crippen LogP contribution is 2.43. The Bertz CT molecular complexity index is 905. The van der Waals surface area contributed by atoms with E-state index < -0.39 is 0 Å². The number of hydrogen-bond donors (Lipinski definition) is 1. The van der Waals surface area contributed by atoms with Gasteiger partial charge in [-0.2, -0.15) is 0 Å². The van der Waals surface area contributed by atoms with Gasteiger partial charge < -0.3 is 9.88 Å². The van der Waals surface area contributed by atoms with Crippen LogP contribution in [-0.2, 0) is 6.54 Å². The normalized spacial score (nSPS) is 13.8. The van der Waals surface area contributed by atoms with Crippen molar-refractivity contribution in [1.29, 1.82) is 0 Å². The molecule has 1 aromatic carbocycles. The van der Waals surface area contributed by atoms with Crippen molar-refractivity contribution in [3.63, 3.8) is 0 Å². The van der Waals surface area contributed by atoms with E-state index in [0.717, 1.165) is 12.4 Å². The number of hydrogen-bond acceptors (Lipinski definition) is 2. The predicted octanol–water partition coefficient (Wildman–Crippen LogP) is 5.64. The maximum atomic E-state index is 4.73. The molecular weight excluding hydrogens is 330 g/mol. The summed E-state index contributed by atoms with van der Waals surface area (Å²) in [5.74, 6) is 1.01. The van der Waals surface area contributed by atoms with Crippen molar-refractivity contribution in [1.82, 2.24) is 9.55 Å². The number of halogens is 1. The molecule has 0 unspecified atom stereocenters. The van der Waals surface area contributed by atoms with Gasteiger partial charge in [0, 0.05) is 29.9 Å². The third-order valence-corrected chi connectivity index (χ3v) is 5.26. The molecule has 0 atom stereocenters. The van der Waals surface area contributed by atoms with Gasteiger partial charge in [-0.15, -0.1) is 12.4 Å². The summed E-state index contributed by atoms with van der Waals surface area (Å²) in [7, 11) is 0. The molecule has 1 fully saturated rings.